The van der Waals surface area contributed by atoms with Crippen molar-refractivity contribution in [2.24, 2.45) is 0 Å². The topological polar surface area (TPSA) is 303 Å². The summed E-state index contributed by atoms with van der Waals surface area (Å²) in [6.07, 6.45) is -18.2. The van der Waals surface area contributed by atoms with E-state index in [1.807, 2.05) is 0 Å². The molecule has 4 aliphatic heterocycles. The molecule has 0 saturated carbocycles. The minimum atomic E-state index is -2.82. The predicted molar refractivity (Wildman–Crippen MR) is 391 cm³/mol. The molecule has 26 nitrogen and oxygen atoms in total. The van der Waals surface area contributed by atoms with Crippen LogP contribution >= 0.6 is 45.1 Å². The third kappa shape index (κ3) is 24.6. The fourth-order valence-electron chi connectivity index (χ4n) is 10.4. The highest BCUT2D eigenvalue weighted by molar-refractivity contribution is 8.77. The Morgan fingerprint density at radius 2 is 0.580 bits per heavy atom. The molecule has 0 aromatic heterocycles. The molecule has 100 heavy (non-hydrogen) atoms. The van der Waals surface area contributed by atoms with E-state index in [1.165, 1.54) is 72.8 Å². The van der Waals surface area contributed by atoms with Crippen molar-refractivity contribution in [1.82, 2.24) is 0 Å². The minimum absolute atomic E-state index is 0.0590. The smallest absolute Gasteiger partial charge is 0.303 e. The molecule has 4 heterocycles. The van der Waals surface area contributed by atoms with Crippen LogP contribution in [-0.4, -0.2) is 239 Å². The fraction of sp³-hybridized carbons (Fsp3) is 0.879. The first-order chi connectivity index (χ1) is 45.6. The molecule has 20 atom stereocenters. The molecule has 0 aromatic carbocycles. The van der Waals surface area contributed by atoms with Crippen LogP contribution in [0, 0.1) is 0 Å². The normalized spacial score (nSPS) is 30.1. The molecule has 0 amide bonds. The summed E-state index contributed by atoms with van der Waals surface area (Å²) >= 11 is 2.35. The summed E-state index contributed by atoms with van der Waals surface area (Å²) in [5.41, 5.74) is -2.45. The second kappa shape index (κ2) is 36.5. The molecule has 0 aliphatic carbocycles. The summed E-state index contributed by atoms with van der Waals surface area (Å²) in [5, 5.41) is -2.75. The first kappa shape index (κ1) is 90.0. The SMILES string of the molecule is CO[C@@H]1O[C@@H]([C@@H](CS[C@@H]2O[C@H](COC(C)=O)[C@H](OC(C)=O)[C@H](OC(C)=O)[C@H]2OC(C)=O)SS[C@H](CS[C@@H]2O[C@H](COC(C)=O)[C@H](OC(C)=O)[C@H](OC(C)=O)[C@H]2OC(C)=O)[C@@H]2O[C@@H](OC)[C@H](O[Si](C)(C)C(C)(C)C)[C@H]2O[Si](C)(C)C(C)(C)C)[C@H](O[Si](C)(C)C(C)(C)C)[C@H]1O[Si](C)(C)C(C)(C)C. The number of ether oxygens (including phenoxy) is 14. The lowest BCUT2D eigenvalue weighted by Gasteiger charge is -2.45. The van der Waals surface area contributed by atoms with E-state index in [0.29, 0.717) is 0 Å². The third-order valence-corrected chi connectivity index (χ3v) is 43.7. The Morgan fingerprint density at radius 1 is 0.340 bits per heavy atom. The van der Waals surface area contributed by atoms with Gasteiger partial charge in [-0.2, -0.15) is 0 Å². The average Bonchev–Trinajstić information content (AvgIpc) is 1.54. The lowest BCUT2D eigenvalue weighted by Crippen LogP contribution is -2.61. The van der Waals surface area contributed by atoms with E-state index in [1.54, 1.807) is 14.2 Å². The lowest BCUT2D eigenvalue weighted by atomic mass is 9.99. The first-order valence-corrected chi connectivity index (χ1v) is 49.9. The first-order valence-electron chi connectivity index (χ1n) is 33.8. The Labute approximate surface area is 614 Å². The molecule has 0 aromatic rings. The van der Waals surface area contributed by atoms with E-state index in [-0.39, 0.29) is 31.7 Å². The molecule has 0 bridgehead atoms. The highest BCUT2D eigenvalue weighted by Crippen LogP contribution is 2.52. The van der Waals surface area contributed by atoms with Crippen molar-refractivity contribution in [3.8, 4) is 0 Å². The Balaban J connectivity index is 2.17. The van der Waals surface area contributed by atoms with Crippen LogP contribution in [0.4, 0.5) is 0 Å². The number of carbonyl (C=O) groups is 8. The van der Waals surface area contributed by atoms with Gasteiger partial charge in [0.25, 0.3) is 0 Å². The van der Waals surface area contributed by atoms with Crippen molar-refractivity contribution in [2.45, 2.75) is 330 Å². The van der Waals surface area contributed by atoms with Crippen molar-refractivity contribution in [2.75, 3.05) is 38.9 Å². The summed E-state index contributed by atoms with van der Waals surface area (Å²) in [6, 6.07) is 0. The molecule has 4 aliphatic rings. The van der Waals surface area contributed by atoms with Crippen molar-refractivity contribution < 1.29 is 122 Å². The van der Waals surface area contributed by atoms with Crippen LogP contribution in [0.5, 0.6) is 0 Å². The summed E-state index contributed by atoms with van der Waals surface area (Å²) in [5.74, 6) is -5.95. The number of methoxy groups -OCH3 is 2. The van der Waals surface area contributed by atoms with Crippen molar-refractivity contribution >= 4 is 126 Å². The fourth-order valence-corrected chi connectivity index (χ4v) is 22.3. The molecule has 4 saturated heterocycles. The number of carbonyl (C=O) groups excluding carboxylic acids is 8. The molecule has 0 unspecified atom stereocenters. The van der Waals surface area contributed by atoms with Gasteiger partial charge < -0.3 is 84.0 Å². The van der Waals surface area contributed by atoms with E-state index in [0.717, 1.165) is 27.7 Å². The quantitative estimate of drug-likeness (QED) is 0.0269. The van der Waals surface area contributed by atoms with Gasteiger partial charge in [0.15, 0.2) is 82.5 Å². The second-order valence-corrected chi connectivity index (χ2v) is 55.9. The molecule has 0 radical (unpaired) electrons. The number of hydrogen-bond acceptors (Lipinski definition) is 30. The van der Waals surface area contributed by atoms with Crippen LogP contribution in [0.2, 0.25) is 72.5 Å². The summed E-state index contributed by atoms with van der Waals surface area (Å²) < 4.78 is 117. The number of rotatable bonds is 31. The summed E-state index contributed by atoms with van der Waals surface area (Å²) in [6.45, 7) is 51.3. The van der Waals surface area contributed by atoms with Crippen LogP contribution in [0.1, 0.15) is 138 Å². The zero-order valence-electron chi connectivity index (χ0n) is 64.6. The predicted octanol–water partition coefficient (Wildman–Crippen LogP) is 11.0. The van der Waals surface area contributed by atoms with Gasteiger partial charge >= 0.3 is 47.8 Å². The van der Waals surface area contributed by atoms with Crippen LogP contribution in [0.25, 0.3) is 0 Å². The molecule has 0 N–H and O–H groups in total. The highest BCUT2D eigenvalue weighted by atomic mass is 33.1. The van der Waals surface area contributed by atoms with Crippen molar-refractivity contribution in [1.29, 1.82) is 0 Å². The van der Waals surface area contributed by atoms with Crippen LogP contribution < -0.4 is 0 Å². The van der Waals surface area contributed by atoms with Crippen molar-refractivity contribution in [3.63, 3.8) is 0 Å². The number of esters is 8. The van der Waals surface area contributed by atoms with E-state index in [2.05, 4.69) is 135 Å². The van der Waals surface area contributed by atoms with Gasteiger partial charge in [-0.05, 0) is 72.5 Å². The molecule has 0 spiro atoms. The van der Waals surface area contributed by atoms with Gasteiger partial charge in [-0.25, -0.2) is 0 Å². The van der Waals surface area contributed by atoms with Gasteiger partial charge in [0.2, 0.25) is 0 Å². The Bertz CT molecular complexity index is 2590. The summed E-state index contributed by atoms with van der Waals surface area (Å²) in [4.78, 5) is 104. The van der Waals surface area contributed by atoms with Crippen LogP contribution in [0.15, 0.2) is 0 Å². The lowest BCUT2D eigenvalue weighted by molar-refractivity contribution is -0.237. The highest BCUT2D eigenvalue weighted by Gasteiger charge is 2.61. The summed E-state index contributed by atoms with van der Waals surface area (Å²) in [7, 11) is -5.14. The Kier molecular flexibility index (Phi) is 32.8. The van der Waals surface area contributed by atoms with Gasteiger partial charge in [-0.1, -0.05) is 105 Å². The molecule has 34 heteroatoms. The molecule has 4 rings (SSSR count). The second-order valence-electron chi connectivity index (χ2n) is 31.9. The Hall–Kier alpha value is -2.37. The largest absolute Gasteiger partial charge is 0.463 e. The van der Waals surface area contributed by atoms with Gasteiger partial charge in [0.1, 0.15) is 72.9 Å². The maximum absolute atomic E-state index is 13.3. The van der Waals surface area contributed by atoms with Crippen LogP contribution in [0.3, 0.4) is 0 Å². The molecule has 578 valence electrons. The molecular formula is C66H118O26S4Si4. The van der Waals surface area contributed by atoms with Gasteiger partial charge in [-0.15, -0.1) is 23.5 Å². The van der Waals surface area contributed by atoms with Gasteiger partial charge in [0.05, 0.1) is 10.5 Å². The number of hydrogen-bond donors (Lipinski definition) is 0. The van der Waals surface area contributed by atoms with E-state index < -0.39 is 214 Å². The standard InChI is InChI=1S/C66H118O26S4Si4/c1-35(67)77-31-43-47(79-37(3)69)51(81-39(5)71)57(83-41(7)73)61(85-43)93-33-45(49-53(89-97(23,24)63(9,10)11)55(59(75-21)87-49)91-99(27,28)65(15,16)17)95-96-46(50-54(90-98(25,26)64(12,13)14)56(60(76-22)88-50)92-100(29,30)66(18,19)20)34-94-62-58(84-42(8)74)52(82-40(6)72)48(80-38(4)70)44(86-62)32-78-36(2)68/h43-62H,31-34H2,1-30H3/t43-,44-,45-,46-,47+,48+,49+,50+,51+,52+,53+,54+,55-,56-,57-,58-,59-,60-,61+,62+/m1/s1. The minimum Gasteiger partial charge on any atom is -0.463 e. The zero-order chi connectivity index (χ0) is 76.6. The molecule has 4 fully saturated rings. The van der Waals surface area contributed by atoms with E-state index in [9.17, 15) is 38.4 Å². The number of thioether (sulfide) groups is 2. The maximum Gasteiger partial charge on any atom is 0.303 e. The van der Waals surface area contributed by atoms with Crippen molar-refractivity contribution in [3.05, 3.63) is 0 Å². The van der Waals surface area contributed by atoms with Gasteiger partial charge in [-0.3, -0.25) is 38.4 Å². The van der Waals surface area contributed by atoms with E-state index in [4.69, 9.17) is 84.0 Å². The van der Waals surface area contributed by atoms with Gasteiger partial charge in [0, 0.05) is 81.1 Å². The monoisotopic (exact) mass is 1570 g/mol. The third-order valence-electron chi connectivity index (χ3n) is 19.6. The Morgan fingerprint density at radius 3 is 0.810 bits per heavy atom. The zero-order valence-corrected chi connectivity index (χ0v) is 71.9. The molecular weight excluding hydrogens is 1450 g/mol. The van der Waals surface area contributed by atoms with E-state index >= 15 is 0 Å². The van der Waals surface area contributed by atoms with Crippen LogP contribution in [-0.2, 0) is 122 Å². The average molecular weight is 1570 g/mol. The maximum atomic E-state index is 13.3.